The smallest absolute Gasteiger partial charge is 0.0251 e. The van der Waals surface area contributed by atoms with Gasteiger partial charge in [-0.25, -0.2) is 0 Å². The zero-order chi connectivity index (χ0) is 16.3. The maximum absolute atomic E-state index is 6.04. The molecule has 0 aromatic heterocycles. The van der Waals surface area contributed by atoms with Crippen molar-refractivity contribution in [3.8, 4) is 0 Å². The van der Waals surface area contributed by atoms with E-state index in [1.807, 2.05) is 26.0 Å². The molecule has 0 heterocycles. The summed E-state index contributed by atoms with van der Waals surface area (Å²) >= 11 is 6.04. The van der Waals surface area contributed by atoms with Crippen LogP contribution in [-0.2, 0) is 0 Å². The number of alkyl halides is 1. The molecule has 0 amide bonds. The molecule has 0 radical (unpaired) electrons. The second kappa shape index (κ2) is 20.2. The molecule has 0 aliphatic heterocycles. The van der Waals surface area contributed by atoms with E-state index in [-0.39, 0.29) is 0 Å². The van der Waals surface area contributed by atoms with Gasteiger partial charge in [0, 0.05) is 5.88 Å². The molecule has 0 aliphatic rings. The molecule has 0 bridgehead atoms. The zero-order valence-electron chi connectivity index (χ0n) is 15.6. The summed E-state index contributed by atoms with van der Waals surface area (Å²) in [7, 11) is 6.00. The van der Waals surface area contributed by atoms with Gasteiger partial charge in [0.1, 0.15) is 0 Å². The van der Waals surface area contributed by atoms with Crippen molar-refractivity contribution in [3.63, 3.8) is 0 Å². The lowest BCUT2D eigenvalue weighted by Crippen LogP contribution is -2.02. The van der Waals surface area contributed by atoms with Crippen molar-refractivity contribution in [2.24, 2.45) is 5.92 Å². The SMILES string of the molecule is CCCCCCCCC(CCl)CCCCCC.CN(C)C. The van der Waals surface area contributed by atoms with Crippen molar-refractivity contribution in [2.45, 2.75) is 90.9 Å². The van der Waals surface area contributed by atoms with Crippen molar-refractivity contribution in [3.05, 3.63) is 0 Å². The molecule has 0 aliphatic carbocycles. The highest BCUT2D eigenvalue weighted by molar-refractivity contribution is 6.18. The fraction of sp³-hybridized carbons (Fsp3) is 1.00. The van der Waals surface area contributed by atoms with Crippen LogP contribution in [0.2, 0.25) is 0 Å². The highest BCUT2D eigenvalue weighted by Crippen LogP contribution is 2.19. The van der Waals surface area contributed by atoms with Gasteiger partial charge in [0.15, 0.2) is 0 Å². The Morgan fingerprint density at radius 1 is 0.667 bits per heavy atom. The van der Waals surface area contributed by atoms with Crippen molar-refractivity contribution in [1.29, 1.82) is 0 Å². The molecular formula is C19H42ClN. The summed E-state index contributed by atoms with van der Waals surface area (Å²) in [5, 5.41) is 0. The van der Waals surface area contributed by atoms with E-state index in [2.05, 4.69) is 13.8 Å². The lowest BCUT2D eigenvalue weighted by Gasteiger charge is -2.13. The van der Waals surface area contributed by atoms with Crippen molar-refractivity contribution >= 4 is 11.6 Å². The van der Waals surface area contributed by atoms with Gasteiger partial charge in [-0.3, -0.25) is 0 Å². The normalized spacial score (nSPS) is 12.1. The maximum Gasteiger partial charge on any atom is 0.0251 e. The second-order valence-corrected chi connectivity index (χ2v) is 7.08. The average Bonchev–Trinajstić information content (AvgIpc) is 2.44. The molecule has 0 aromatic rings. The first kappa shape index (κ1) is 23.5. The summed E-state index contributed by atoms with van der Waals surface area (Å²) in [6.07, 6.45) is 16.7. The number of rotatable bonds is 13. The summed E-state index contributed by atoms with van der Waals surface area (Å²) in [5.41, 5.74) is 0. The zero-order valence-corrected chi connectivity index (χ0v) is 16.4. The van der Waals surface area contributed by atoms with E-state index in [4.69, 9.17) is 11.6 Å². The number of hydrogen-bond donors (Lipinski definition) is 0. The fourth-order valence-corrected chi connectivity index (χ4v) is 2.68. The van der Waals surface area contributed by atoms with Crippen molar-refractivity contribution in [2.75, 3.05) is 27.0 Å². The Hall–Kier alpha value is 0.250. The quantitative estimate of drug-likeness (QED) is 0.268. The summed E-state index contributed by atoms with van der Waals surface area (Å²) < 4.78 is 0. The molecule has 21 heavy (non-hydrogen) atoms. The van der Waals surface area contributed by atoms with Crippen LogP contribution in [0.5, 0.6) is 0 Å². The van der Waals surface area contributed by atoms with Crippen molar-refractivity contribution in [1.82, 2.24) is 4.90 Å². The van der Waals surface area contributed by atoms with Gasteiger partial charge in [-0.1, -0.05) is 78.1 Å². The van der Waals surface area contributed by atoms with Gasteiger partial charge < -0.3 is 4.90 Å². The number of halogens is 1. The van der Waals surface area contributed by atoms with E-state index in [0.717, 1.165) is 11.8 Å². The van der Waals surface area contributed by atoms with E-state index >= 15 is 0 Å². The van der Waals surface area contributed by atoms with Gasteiger partial charge in [0.05, 0.1) is 0 Å². The Kier molecular flexibility index (Phi) is 22.7. The van der Waals surface area contributed by atoms with Crippen LogP contribution < -0.4 is 0 Å². The Labute approximate surface area is 140 Å². The van der Waals surface area contributed by atoms with E-state index < -0.39 is 0 Å². The van der Waals surface area contributed by atoms with Crippen LogP contribution in [0.15, 0.2) is 0 Å². The average molecular weight is 320 g/mol. The van der Waals surface area contributed by atoms with Crippen LogP contribution >= 0.6 is 11.6 Å². The molecule has 1 atom stereocenters. The largest absolute Gasteiger partial charge is 0.312 e. The Balaban J connectivity index is 0. The van der Waals surface area contributed by atoms with Crippen LogP contribution in [0.25, 0.3) is 0 Å². The van der Waals surface area contributed by atoms with Gasteiger partial charge in [-0.2, -0.15) is 0 Å². The summed E-state index contributed by atoms with van der Waals surface area (Å²) in [6.45, 7) is 4.55. The summed E-state index contributed by atoms with van der Waals surface area (Å²) in [4.78, 5) is 2.00. The molecule has 0 spiro atoms. The van der Waals surface area contributed by atoms with Crippen LogP contribution in [-0.4, -0.2) is 31.9 Å². The number of unbranched alkanes of at least 4 members (excludes halogenated alkanes) is 8. The van der Waals surface area contributed by atoms with Gasteiger partial charge in [-0.15, -0.1) is 11.6 Å². The molecule has 0 N–H and O–H groups in total. The van der Waals surface area contributed by atoms with Crippen LogP contribution in [0, 0.1) is 5.92 Å². The summed E-state index contributed by atoms with van der Waals surface area (Å²) in [6, 6.07) is 0. The highest BCUT2D eigenvalue weighted by Gasteiger charge is 2.06. The van der Waals surface area contributed by atoms with E-state index in [9.17, 15) is 0 Å². The predicted molar refractivity (Wildman–Crippen MR) is 101 cm³/mol. The Morgan fingerprint density at radius 2 is 1.00 bits per heavy atom. The van der Waals surface area contributed by atoms with Gasteiger partial charge in [0.25, 0.3) is 0 Å². The molecule has 0 fully saturated rings. The molecule has 130 valence electrons. The Bertz CT molecular complexity index is 168. The topological polar surface area (TPSA) is 3.24 Å². The van der Waals surface area contributed by atoms with Crippen molar-refractivity contribution < 1.29 is 0 Å². The third kappa shape index (κ3) is 25.5. The minimum absolute atomic E-state index is 0.791. The van der Waals surface area contributed by atoms with Gasteiger partial charge in [-0.05, 0) is 39.9 Å². The second-order valence-electron chi connectivity index (χ2n) is 6.77. The predicted octanol–water partition coefficient (Wildman–Crippen LogP) is 6.74. The number of nitrogens with zero attached hydrogens (tertiary/aromatic N) is 1. The minimum atomic E-state index is 0.791. The molecule has 0 saturated carbocycles. The van der Waals surface area contributed by atoms with E-state index in [1.54, 1.807) is 0 Å². The third-order valence-electron chi connectivity index (χ3n) is 3.65. The van der Waals surface area contributed by atoms with Crippen LogP contribution in [0.3, 0.4) is 0 Å². The van der Waals surface area contributed by atoms with E-state index in [0.29, 0.717) is 0 Å². The third-order valence-corrected chi connectivity index (χ3v) is 4.09. The summed E-state index contributed by atoms with van der Waals surface area (Å²) in [5.74, 6) is 1.67. The first-order valence-corrected chi connectivity index (χ1v) is 9.78. The molecule has 2 heteroatoms. The Morgan fingerprint density at radius 3 is 1.38 bits per heavy atom. The molecule has 1 nitrogen and oxygen atoms in total. The molecule has 0 saturated heterocycles. The monoisotopic (exact) mass is 319 g/mol. The number of hydrogen-bond acceptors (Lipinski definition) is 1. The lowest BCUT2D eigenvalue weighted by atomic mass is 9.96. The van der Waals surface area contributed by atoms with Gasteiger partial charge >= 0.3 is 0 Å². The molecule has 1 unspecified atom stereocenters. The van der Waals surface area contributed by atoms with Crippen LogP contribution in [0.4, 0.5) is 0 Å². The fourth-order valence-electron chi connectivity index (χ4n) is 2.37. The molecule has 0 aromatic carbocycles. The highest BCUT2D eigenvalue weighted by atomic mass is 35.5. The minimum Gasteiger partial charge on any atom is -0.312 e. The first-order chi connectivity index (χ1) is 10.1. The first-order valence-electron chi connectivity index (χ1n) is 9.25. The van der Waals surface area contributed by atoms with E-state index in [1.165, 1.54) is 77.0 Å². The molecule has 0 rings (SSSR count). The standard InChI is InChI=1S/C16H33Cl.C3H9N/c1-3-5-7-9-10-12-14-16(15-17)13-11-8-6-4-2;1-4(2)3/h16H,3-15H2,1-2H3;1-3H3. The molecular weight excluding hydrogens is 278 g/mol. The maximum atomic E-state index is 6.04. The lowest BCUT2D eigenvalue weighted by molar-refractivity contribution is 0.438. The van der Waals surface area contributed by atoms with Gasteiger partial charge in [0.2, 0.25) is 0 Å². The van der Waals surface area contributed by atoms with Crippen LogP contribution in [0.1, 0.15) is 90.9 Å².